The summed E-state index contributed by atoms with van der Waals surface area (Å²) < 4.78 is 6.77. The maximum Gasteiger partial charge on any atom is 0.233 e. The summed E-state index contributed by atoms with van der Waals surface area (Å²) in [6.07, 6.45) is 0.375. The van der Waals surface area contributed by atoms with E-state index in [4.69, 9.17) is 9.72 Å². The molecule has 0 aliphatic carbocycles. The molecule has 3 rings (SSSR count). The van der Waals surface area contributed by atoms with Crippen molar-refractivity contribution in [3.63, 3.8) is 0 Å². The lowest BCUT2D eigenvalue weighted by atomic mass is 9.97. The molecule has 5 nitrogen and oxygen atoms in total. The molecule has 0 radical (unpaired) electrons. The van der Waals surface area contributed by atoms with Crippen LogP contribution in [0.15, 0.2) is 30.3 Å². The maximum absolute atomic E-state index is 13.4. The highest BCUT2D eigenvalue weighted by Crippen LogP contribution is 2.34. The first-order valence-corrected chi connectivity index (χ1v) is 11.2. The molecule has 1 heterocycles. The minimum Gasteiger partial charge on any atom is -0.492 e. The highest BCUT2D eigenvalue weighted by Gasteiger charge is 2.22. The third-order valence-electron chi connectivity index (χ3n) is 5.14. The lowest BCUT2D eigenvalue weighted by Crippen LogP contribution is -2.37. The smallest absolute Gasteiger partial charge is 0.233 e. The number of para-hydroxylation sites is 1. The second-order valence-electron chi connectivity index (χ2n) is 7.94. The van der Waals surface area contributed by atoms with Crippen LogP contribution < -0.4 is 9.64 Å². The third-order valence-corrected chi connectivity index (χ3v) is 6.19. The fourth-order valence-corrected chi connectivity index (χ4v) is 4.69. The molecule has 3 aromatic rings. The van der Waals surface area contributed by atoms with E-state index in [0.717, 1.165) is 44.3 Å². The number of likely N-dealkylation sites (N-methyl/N-ethyl adjacent to an activating group) is 1. The fraction of sp³-hybridized carbons (Fsp3) is 0.417. The lowest BCUT2D eigenvalue weighted by Gasteiger charge is -2.23. The number of carbonyl (C=O) groups excluding carboxylic acids is 1. The Morgan fingerprint density at radius 3 is 2.43 bits per heavy atom. The molecule has 0 aliphatic heterocycles. The summed E-state index contributed by atoms with van der Waals surface area (Å²) in [5.41, 5.74) is 5.48. The number of thiazole rings is 1. The minimum atomic E-state index is 0.0731. The number of carbonyl (C=O) groups is 1. The van der Waals surface area contributed by atoms with Crippen molar-refractivity contribution in [1.82, 2.24) is 9.88 Å². The molecule has 0 spiro atoms. The lowest BCUT2D eigenvalue weighted by molar-refractivity contribution is -0.118. The van der Waals surface area contributed by atoms with Crippen LogP contribution in [0.2, 0.25) is 0 Å². The molecular weight excluding hydrogens is 394 g/mol. The third kappa shape index (κ3) is 4.99. The van der Waals surface area contributed by atoms with Crippen molar-refractivity contribution in [3.8, 4) is 5.75 Å². The van der Waals surface area contributed by atoms with Gasteiger partial charge in [0.05, 0.1) is 17.7 Å². The molecule has 6 heteroatoms. The van der Waals surface area contributed by atoms with Gasteiger partial charge in [0.25, 0.3) is 0 Å². The molecule has 0 bridgehead atoms. The highest BCUT2D eigenvalue weighted by atomic mass is 32.1. The van der Waals surface area contributed by atoms with Crippen LogP contribution in [0.4, 0.5) is 5.13 Å². The van der Waals surface area contributed by atoms with E-state index in [2.05, 4.69) is 37.8 Å². The van der Waals surface area contributed by atoms with Crippen LogP contribution in [0.3, 0.4) is 0 Å². The van der Waals surface area contributed by atoms with Gasteiger partial charge in [-0.15, -0.1) is 0 Å². The molecular formula is C24H31N3O2S. The van der Waals surface area contributed by atoms with Gasteiger partial charge in [-0.25, -0.2) is 4.98 Å². The summed E-state index contributed by atoms with van der Waals surface area (Å²) in [5, 5.41) is 0.728. The van der Waals surface area contributed by atoms with Crippen molar-refractivity contribution < 1.29 is 9.53 Å². The second kappa shape index (κ2) is 9.58. The molecule has 0 fully saturated rings. The first-order chi connectivity index (χ1) is 14.3. The summed E-state index contributed by atoms with van der Waals surface area (Å²) in [4.78, 5) is 22.2. The molecule has 160 valence electrons. The summed E-state index contributed by atoms with van der Waals surface area (Å²) in [6, 6.07) is 10.2. The van der Waals surface area contributed by atoms with E-state index in [1.54, 1.807) is 11.3 Å². The Morgan fingerprint density at radius 2 is 1.80 bits per heavy atom. The number of hydrogen-bond acceptors (Lipinski definition) is 5. The molecule has 1 aromatic heterocycles. The van der Waals surface area contributed by atoms with E-state index >= 15 is 0 Å². The number of nitrogens with zero attached hydrogens (tertiary/aromatic N) is 3. The quantitative estimate of drug-likeness (QED) is 0.522. The summed E-state index contributed by atoms with van der Waals surface area (Å²) in [5.74, 6) is 0.839. The van der Waals surface area contributed by atoms with Gasteiger partial charge in [-0.1, -0.05) is 35.1 Å². The second-order valence-corrected chi connectivity index (χ2v) is 8.94. The number of anilines is 1. The molecule has 0 aliphatic rings. The van der Waals surface area contributed by atoms with Crippen molar-refractivity contribution in [1.29, 1.82) is 0 Å². The average Bonchev–Trinajstić information content (AvgIpc) is 3.09. The Hall–Kier alpha value is -2.44. The number of amides is 1. The number of fused-ring (bicyclic) bond motifs is 1. The van der Waals surface area contributed by atoms with Crippen LogP contribution in [0.5, 0.6) is 5.75 Å². The van der Waals surface area contributed by atoms with E-state index in [-0.39, 0.29) is 5.91 Å². The molecule has 0 N–H and O–H groups in total. The zero-order valence-electron chi connectivity index (χ0n) is 18.8. The normalized spacial score (nSPS) is 11.3. The number of aryl methyl sites for hydroxylation is 3. The molecule has 0 atom stereocenters. The van der Waals surface area contributed by atoms with E-state index in [0.29, 0.717) is 19.6 Å². The van der Waals surface area contributed by atoms with Crippen LogP contribution in [0.25, 0.3) is 10.2 Å². The van der Waals surface area contributed by atoms with Gasteiger partial charge in [-0.3, -0.25) is 9.69 Å². The van der Waals surface area contributed by atoms with Gasteiger partial charge in [0.1, 0.15) is 11.3 Å². The van der Waals surface area contributed by atoms with Crippen LogP contribution >= 0.6 is 11.3 Å². The Balaban J connectivity index is 1.96. The van der Waals surface area contributed by atoms with Crippen LogP contribution in [0.1, 0.15) is 29.2 Å². The van der Waals surface area contributed by atoms with Gasteiger partial charge >= 0.3 is 0 Å². The zero-order chi connectivity index (χ0) is 21.8. The molecule has 0 saturated carbocycles. The van der Waals surface area contributed by atoms with Crippen molar-refractivity contribution in [2.24, 2.45) is 0 Å². The molecule has 0 unspecified atom stereocenters. The zero-order valence-corrected chi connectivity index (χ0v) is 19.6. The van der Waals surface area contributed by atoms with Gasteiger partial charge in [-0.2, -0.15) is 0 Å². The average molecular weight is 426 g/mol. The van der Waals surface area contributed by atoms with Crippen molar-refractivity contribution >= 4 is 32.6 Å². The van der Waals surface area contributed by atoms with Crippen molar-refractivity contribution in [2.45, 2.75) is 34.1 Å². The standard InChI is InChI=1S/C24H31N3O2S/c1-7-29-20-9-8-10-21-23(20)25-24(30-21)27(12-11-26(5)6)22(28)15-19-17(3)13-16(2)14-18(19)4/h8-10,13-14H,7,11-12,15H2,1-6H3. The Kier molecular flexibility index (Phi) is 7.10. The van der Waals surface area contributed by atoms with Crippen LogP contribution in [-0.4, -0.2) is 49.6 Å². The van der Waals surface area contributed by atoms with Gasteiger partial charge in [0.2, 0.25) is 5.91 Å². The number of hydrogen-bond donors (Lipinski definition) is 0. The first-order valence-electron chi connectivity index (χ1n) is 10.3. The largest absolute Gasteiger partial charge is 0.492 e. The topological polar surface area (TPSA) is 45.7 Å². The molecule has 0 saturated heterocycles. The highest BCUT2D eigenvalue weighted by molar-refractivity contribution is 7.22. The van der Waals surface area contributed by atoms with E-state index in [1.807, 2.05) is 44.1 Å². The van der Waals surface area contributed by atoms with Gasteiger partial charge in [0.15, 0.2) is 5.13 Å². The predicted molar refractivity (Wildman–Crippen MR) is 126 cm³/mol. The molecule has 2 aromatic carbocycles. The number of ether oxygens (including phenoxy) is 1. The monoisotopic (exact) mass is 425 g/mol. The van der Waals surface area contributed by atoms with Crippen molar-refractivity contribution in [3.05, 3.63) is 52.6 Å². The maximum atomic E-state index is 13.4. The Morgan fingerprint density at radius 1 is 1.10 bits per heavy atom. The van der Waals surface area contributed by atoms with Crippen molar-refractivity contribution in [2.75, 3.05) is 38.7 Å². The summed E-state index contributed by atoms with van der Waals surface area (Å²) in [7, 11) is 4.03. The Bertz CT molecular complexity index is 1020. The van der Waals surface area contributed by atoms with Gasteiger partial charge < -0.3 is 9.64 Å². The van der Waals surface area contributed by atoms with E-state index < -0.39 is 0 Å². The summed E-state index contributed by atoms with van der Waals surface area (Å²) in [6.45, 7) is 10.2. The number of aromatic nitrogens is 1. The SMILES string of the molecule is CCOc1cccc2sc(N(CCN(C)C)C(=O)Cc3c(C)cc(C)cc3C)nc12. The van der Waals surface area contributed by atoms with E-state index in [1.165, 1.54) is 5.56 Å². The number of benzene rings is 2. The van der Waals surface area contributed by atoms with Gasteiger partial charge in [0, 0.05) is 13.1 Å². The number of rotatable bonds is 8. The van der Waals surface area contributed by atoms with Crippen LogP contribution in [0, 0.1) is 20.8 Å². The van der Waals surface area contributed by atoms with Gasteiger partial charge in [-0.05, 0) is 70.6 Å². The summed E-state index contributed by atoms with van der Waals surface area (Å²) >= 11 is 1.54. The first kappa shape index (κ1) is 22.2. The molecule has 30 heavy (non-hydrogen) atoms. The van der Waals surface area contributed by atoms with Crippen LogP contribution in [-0.2, 0) is 11.2 Å². The fourth-order valence-electron chi connectivity index (χ4n) is 3.66. The van der Waals surface area contributed by atoms with E-state index in [9.17, 15) is 4.79 Å². The predicted octanol–water partition coefficient (Wildman–Crippen LogP) is 4.76. The Labute approximate surface area is 183 Å². The minimum absolute atomic E-state index is 0.0731. The molecule has 1 amide bonds.